The number of rotatable bonds is 6. The van der Waals surface area contributed by atoms with Gasteiger partial charge in [-0.1, -0.05) is 25.1 Å². The first-order valence-electron chi connectivity index (χ1n) is 9.78. The van der Waals surface area contributed by atoms with Gasteiger partial charge in [-0.2, -0.15) is 4.98 Å². The van der Waals surface area contributed by atoms with E-state index in [9.17, 15) is 4.79 Å². The molecular weight excluding hydrogens is 370 g/mol. The average molecular weight is 393 g/mol. The predicted octanol–water partition coefficient (Wildman–Crippen LogP) is 3.67. The van der Waals surface area contributed by atoms with Crippen molar-refractivity contribution in [3.63, 3.8) is 0 Å². The minimum Gasteiger partial charge on any atom is -0.439 e. The van der Waals surface area contributed by atoms with Crippen molar-refractivity contribution in [2.45, 2.75) is 26.2 Å². The second-order valence-electron chi connectivity index (χ2n) is 6.89. The van der Waals surface area contributed by atoms with Crippen LogP contribution in [0.1, 0.15) is 25.7 Å². The number of anilines is 2. The minimum absolute atomic E-state index is 0.00513. The summed E-state index contributed by atoms with van der Waals surface area (Å²) < 4.78 is 10.8. The molecule has 1 fully saturated rings. The maximum absolute atomic E-state index is 12.6. The van der Waals surface area contributed by atoms with E-state index in [4.69, 9.17) is 9.26 Å². The zero-order valence-corrected chi connectivity index (χ0v) is 16.2. The largest absolute Gasteiger partial charge is 0.439 e. The highest BCUT2D eigenvalue weighted by atomic mass is 16.5. The lowest BCUT2D eigenvalue weighted by atomic mass is 9.96. The van der Waals surface area contributed by atoms with E-state index in [1.165, 1.54) is 0 Å². The van der Waals surface area contributed by atoms with Gasteiger partial charge in [0.15, 0.2) is 0 Å². The Morgan fingerprint density at radius 1 is 1.21 bits per heavy atom. The number of nitrogens with one attached hydrogen (secondary N) is 1. The number of amides is 1. The number of pyridine rings is 1. The van der Waals surface area contributed by atoms with Gasteiger partial charge in [-0.3, -0.25) is 4.79 Å². The molecule has 0 bridgehead atoms. The van der Waals surface area contributed by atoms with E-state index < -0.39 is 0 Å². The number of ether oxygens (including phenoxy) is 1. The van der Waals surface area contributed by atoms with Gasteiger partial charge < -0.3 is 19.5 Å². The lowest BCUT2D eigenvalue weighted by Gasteiger charge is -2.30. The van der Waals surface area contributed by atoms with Crippen LogP contribution >= 0.6 is 0 Å². The molecule has 0 aliphatic carbocycles. The van der Waals surface area contributed by atoms with E-state index in [1.54, 1.807) is 18.3 Å². The Morgan fingerprint density at radius 3 is 2.66 bits per heavy atom. The number of para-hydroxylation sites is 1. The molecule has 1 aliphatic rings. The summed E-state index contributed by atoms with van der Waals surface area (Å²) in [7, 11) is 0. The van der Waals surface area contributed by atoms with E-state index in [0.717, 1.165) is 38.1 Å². The zero-order valence-electron chi connectivity index (χ0n) is 16.2. The minimum atomic E-state index is -0.0518. The van der Waals surface area contributed by atoms with Crippen LogP contribution in [0, 0.1) is 5.92 Å². The number of aryl methyl sites for hydroxylation is 1. The molecule has 8 heteroatoms. The summed E-state index contributed by atoms with van der Waals surface area (Å²) >= 11 is 0. The van der Waals surface area contributed by atoms with Gasteiger partial charge in [-0.25, -0.2) is 4.98 Å². The standard InChI is InChI=1S/C21H23N5O3/c1-2-18-24-21(25-29-18)26-12-10-15(11-13-26)20(27)23-16-8-9-19(22-14-16)28-17-6-4-3-5-7-17/h3-9,14-15H,2,10-13H2,1H3,(H,23,27). The van der Waals surface area contributed by atoms with Crippen LogP contribution in [0.3, 0.4) is 0 Å². The van der Waals surface area contributed by atoms with E-state index in [0.29, 0.717) is 23.4 Å². The Hall–Kier alpha value is -3.42. The molecule has 0 unspecified atom stereocenters. The fraction of sp³-hybridized carbons (Fsp3) is 0.333. The molecule has 1 saturated heterocycles. The third-order valence-electron chi connectivity index (χ3n) is 4.88. The summed E-state index contributed by atoms with van der Waals surface area (Å²) in [6.45, 7) is 3.43. The van der Waals surface area contributed by atoms with E-state index in [-0.39, 0.29) is 11.8 Å². The van der Waals surface area contributed by atoms with Crippen LogP contribution in [0.4, 0.5) is 11.6 Å². The molecule has 1 aliphatic heterocycles. The second-order valence-corrected chi connectivity index (χ2v) is 6.89. The summed E-state index contributed by atoms with van der Waals surface area (Å²) in [5, 5.41) is 6.95. The number of piperidine rings is 1. The maximum Gasteiger partial charge on any atom is 0.266 e. The molecule has 29 heavy (non-hydrogen) atoms. The van der Waals surface area contributed by atoms with Crippen molar-refractivity contribution in [2.75, 3.05) is 23.3 Å². The van der Waals surface area contributed by atoms with Crippen LogP contribution in [-0.2, 0) is 11.2 Å². The Morgan fingerprint density at radius 2 is 2.00 bits per heavy atom. The molecule has 1 N–H and O–H groups in total. The number of hydrogen-bond acceptors (Lipinski definition) is 7. The molecular formula is C21H23N5O3. The van der Waals surface area contributed by atoms with Gasteiger partial charge >= 0.3 is 0 Å². The lowest BCUT2D eigenvalue weighted by Crippen LogP contribution is -2.38. The Bertz CT molecular complexity index is 934. The van der Waals surface area contributed by atoms with Crippen molar-refractivity contribution in [3.05, 3.63) is 54.6 Å². The van der Waals surface area contributed by atoms with Crippen LogP contribution < -0.4 is 15.0 Å². The van der Waals surface area contributed by atoms with Gasteiger partial charge in [-0.15, -0.1) is 0 Å². The maximum atomic E-state index is 12.6. The van der Waals surface area contributed by atoms with Crippen molar-refractivity contribution >= 4 is 17.5 Å². The summed E-state index contributed by atoms with van der Waals surface area (Å²) in [5.41, 5.74) is 0.656. The first-order chi connectivity index (χ1) is 14.2. The lowest BCUT2D eigenvalue weighted by molar-refractivity contribution is -0.120. The molecule has 1 aromatic carbocycles. The topological polar surface area (TPSA) is 93.4 Å². The number of carbonyl (C=O) groups excluding carboxylic acids is 1. The molecule has 8 nitrogen and oxygen atoms in total. The molecule has 0 spiro atoms. The number of hydrogen-bond donors (Lipinski definition) is 1. The summed E-state index contributed by atoms with van der Waals surface area (Å²) in [5.74, 6) is 2.39. The van der Waals surface area contributed by atoms with Crippen molar-refractivity contribution in [1.82, 2.24) is 15.1 Å². The summed E-state index contributed by atoms with van der Waals surface area (Å²) in [6, 6.07) is 13.0. The smallest absolute Gasteiger partial charge is 0.266 e. The molecule has 150 valence electrons. The van der Waals surface area contributed by atoms with Crippen LogP contribution in [0.15, 0.2) is 53.2 Å². The first kappa shape index (κ1) is 18.9. The zero-order chi connectivity index (χ0) is 20.1. The predicted molar refractivity (Wildman–Crippen MR) is 108 cm³/mol. The summed E-state index contributed by atoms with van der Waals surface area (Å²) in [6.07, 6.45) is 3.81. The molecule has 4 rings (SSSR count). The second kappa shape index (κ2) is 8.72. The first-order valence-corrected chi connectivity index (χ1v) is 9.78. The molecule has 0 atom stereocenters. The SMILES string of the molecule is CCc1nc(N2CCC(C(=O)Nc3ccc(Oc4ccccc4)nc3)CC2)no1. The van der Waals surface area contributed by atoms with Gasteiger partial charge in [0.25, 0.3) is 5.95 Å². The van der Waals surface area contributed by atoms with Crippen molar-refractivity contribution < 1.29 is 14.1 Å². The van der Waals surface area contributed by atoms with Gasteiger partial charge in [0.05, 0.1) is 11.9 Å². The van der Waals surface area contributed by atoms with Crippen LogP contribution in [0.25, 0.3) is 0 Å². The molecule has 0 radical (unpaired) electrons. The summed E-state index contributed by atoms with van der Waals surface area (Å²) in [4.78, 5) is 23.3. The van der Waals surface area contributed by atoms with Crippen molar-refractivity contribution in [3.8, 4) is 11.6 Å². The molecule has 3 heterocycles. The molecule has 1 amide bonds. The van der Waals surface area contributed by atoms with Crippen LogP contribution in [0.5, 0.6) is 11.6 Å². The monoisotopic (exact) mass is 393 g/mol. The number of nitrogens with zero attached hydrogens (tertiary/aromatic N) is 4. The molecule has 3 aromatic rings. The van der Waals surface area contributed by atoms with Gasteiger partial charge in [0.1, 0.15) is 5.75 Å². The van der Waals surface area contributed by atoms with Gasteiger partial charge in [0.2, 0.25) is 17.7 Å². The third kappa shape index (κ3) is 4.71. The molecule has 2 aromatic heterocycles. The highest BCUT2D eigenvalue weighted by Crippen LogP contribution is 2.24. The normalized spacial score (nSPS) is 14.6. The van der Waals surface area contributed by atoms with E-state index >= 15 is 0 Å². The highest BCUT2D eigenvalue weighted by Gasteiger charge is 2.27. The average Bonchev–Trinajstić information content (AvgIpc) is 3.25. The number of benzene rings is 1. The number of carbonyl (C=O) groups is 1. The third-order valence-corrected chi connectivity index (χ3v) is 4.88. The molecule has 0 saturated carbocycles. The van der Waals surface area contributed by atoms with Crippen LogP contribution in [0.2, 0.25) is 0 Å². The van der Waals surface area contributed by atoms with Crippen LogP contribution in [-0.4, -0.2) is 34.1 Å². The van der Waals surface area contributed by atoms with Gasteiger partial charge in [-0.05, 0) is 36.2 Å². The Labute approximate surface area is 168 Å². The van der Waals surface area contributed by atoms with Crippen molar-refractivity contribution in [2.24, 2.45) is 5.92 Å². The number of aromatic nitrogens is 3. The highest BCUT2D eigenvalue weighted by molar-refractivity contribution is 5.92. The van der Waals surface area contributed by atoms with Gasteiger partial charge in [0, 0.05) is 31.5 Å². The quantitative estimate of drug-likeness (QED) is 0.683. The fourth-order valence-corrected chi connectivity index (χ4v) is 3.23. The van der Waals surface area contributed by atoms with E-state index in [2.05, 4.69) is 25.3 Å². The fourth-order valence-electron chi connectivity index (χ4n) is 3.23. The Balaban J connectivity index is 1.28. The Kier molecular flexibility index (Phi) is 5.69. The van der Waals surface area contributed by atoms with E-state index in [1.807, 2.05) is 37.3 Å². The van der Waals surface area contributed by atoms with Crippen molar-refractivity contribution in [1.29, 1.82) is 0 Å².